The number of hydrogen-bond donors (Lipinski definition) is 0. The number of hydrogen-bond acceptors (Lipinski definition) is 6. The molecule has 0 saturated carbocycles. The largest absolute Gasteiger partial charge is 0.486 e. The molecule has 168 valence electrons. The molecule has 32 heavy (non-hydrogen) atoms. The summed E-state index contributed by atoms with van der Waals surface area (Å²) in [4.78, 5) is 44.7. The molecule has 0 radical (unpaired) electrons. The maximum Gasteiger partial charge on any atom is 0.325 e. The summed E-state index contributed by atoms with van der Waals surface area (Å²) in [5.74, 6) is 1.30. The lowest BCUT2D eigenvalue weighted by atomic mass is 10.2. The lowest BCUT2D eigenvalue weighted by molar-refractivity contribution is -0.133. The van der Waals surface area contributed by atoms with E-state index in [1.165, 1.54) is 6.26 Å². The van der Waals surface area contributed by atoms with Gasteiger partial charge in [0.05, 0.1) is 6.26 Å². The quantitative estimate of drug-likeness (QED) is 0.711. The second kappa shape index (κ2) is 8.45. The van der Waals surface area contributed by atoms with Crippen molar-refractivity contribution in [3.05, 3.63) is 42.4 Å². The molecule has 0 N–H and O–H groups in total. The van der Waals surface area contributed by atoms with Crippen LogP contribution >= 0.6 is 0 Å². The van der Waals surface area contributed by atoms with Crippen molar-refractivity contribution in [2.45, 2.75) is 0 Å². The molecule has 0 bridgehead atoms. The van der Waals surface area contributed by atoms with E-state index in [2.05, 4.69) is 0 Å². The molecule has 3 aliphatic heterocycles. The molecule has 5 rings (SSSR count). The smallest absolute Gasteiger partial charge is 0.325 e. The van der Waals surface area contributed by atoms with Crippen molar-refractivity contribution in [2.75, 3.05) is 63.9 Å². The van der Waals surface area contributed by atoms with E-state index in [9.17, 15) is 14.4 Å². The van der Waals surface area contributed by atoms with E-state index in [0.29, 0.717) is 69.7 Å². The molecular weight excluding hydrogens is 416 g/mol. The van der Waals surface area contributed by atoms with E-state index in [-0.39, 0.29) is 24.4 Å². The maximum absolute atomic E-state index is 12.9. The molecule has 10 heteroatoms. The average molecular weight is 440 g/mol. The van der Waals surface area contributed by atoms with Gasteiger partial charge in [0, 0.05) is 51.0 Å². The molecule has 2 saturated heterocycles. The van der Waals surface area contributed by atoms with Crippen LogP contribution in [-0.2, 0) is 4.79 Å². The minimum absolute atomic E-state index is 0.0199. The number of amides is 4. The number of carbonyl (C=O) groups excluding carboxylic acids is 3. The second-order valence-electron chi connectivity index (χ2n) is 7.83. The third-order valence-electron chi connectivity index (χ3n) is 5.91. The summed E-state index contributed by atoms with van der Waals surface area (Å²) in [7, 11) is 0. The van der Waals surface area contributed by atoms with Gasteiger partial charge in [-0.15, -0.1) is 0 Å². The SMILES string of the molecule is O=C(CN1CCN(c2ccc3c(c2)OCCO3)C1=O)N1CCN(C(=O)c2ccco2)CC1. The predicted octanol–water partition coefficient (Wildman–Crippen LogP) is 1.28. The molecule has 1 aromatic heterocycles. The second-order valence-corrected chi connectivity index (χ2v) is 7.83. The fraction of sp³-hybridized carbons (Fsp3) is 0.409. The summed E-state index contributed by atoms with van der Waals surface area (Å²) in [6, 6.07) is 8.52. The first-order valence-corrected chi connectivity index (χ1v) is 10.7. The molecule has 3 aliphatic rings. The first kappa shape index (κ1) is 20.2. The van der Waals surface area contributed by atoms with Gasteiger partial charge in [-0.05, 0) is 24.3 Å². The van der Waals surface area contributed by atoms with Gasteiger partial charge in [-0.25, -0.2) is 4.79 Å². The van der Waals surface area contributed by atoms with Crippen molar-refractivity contribution in [1.29, 1.82) is 0 Å². The number of anilines is 1. The predicted molar refractivity (Wildman–Crippen MR) is 113 cm³/mol. The first-order valence-electron chi connectivity index (χ1n) is 10.7. The van der Waals surface area contributed by atoms with E-state index < -0.39 is 0 Å². The number of urea groups is 1. The Labute approximate surface area is 184 Å². The van der Waals surface area contributed by atoms with Crippen molar-refractivity contribution < 1.29 is 28.3 Å². The van der Waals surface area contributed by atoms with Gasteiger partial charge >= 0.3 is 6.03 Å². The van der Waals surface area contributed by atoms with Crippen LogP contribution < -0.4 is 14.4 Å². The number of ether oxygens (including phenoxy) is 2. The Kier molecular flexibility index (Phi) is 5.34. The van der Waals surface area contributed by atoms with Crippen LogP contribution in [0.5, 0.6) is 11.5 Å². The fourth-order valence-corrected chi connectivity index (χ4v) is 4.15. The summed E-state index contributed by atoms with van der Waals surface area (Å²) >= 11 is 0. The summed E-state index contributed by atoms with van der Waals surface area (Å²) in [5, 5.41) is 0. The summed E-state index contributed by atoms with van der Waals surface area (Å²) in [5.41, 5.74) is 0.722. The molecule has 0 spiro atoms. The van der Waals surface area contributed by atoms with Crippen LogP contribution in [0.1, 0.15) is 10.6 Å². The monoisotopic (exact) mass is 440 g/mol. The standard InChI is InChI=1S/C22H24N4O6/c27-20(23-5-7-24(8-6-23)21(28)18-2-1-11-30-18)15-25-9-10-26(22(25)29)16-3-4-17-19(14-16)32-13-12-31-17/h1-4,11,14H,5-10,12-13,15H2. The van der Waals surface area contributed by atoms with Crippen molar-refractivity contribution >= 4 is 23.5 Å². The van der Waals surface area contributed by atoms with Crippen LogP contribution in [-0.4, -0.2) is 91.6 Å². The molecule has 4 amide bonds. The number of benzene rings is 1. The Morgan fingerprint density at radius 3 is 2.38 bits per heavy atom. The Hall–Kier alpha value is -3.69. The van der Waals surface area contributed by atoms with Crippen LogP contribution in [0.25, 0.3) is 0 Å². The molecule has 1 aromatic carbocycles. The average Bonchev–Trinajstić information content (AvgIpc) is 3.49. The minimum atomic E-state index is -0.207. The van der Waals surface area contributed by atoms with Crippen LogP contribution in [0.2, 0.25) is 0 Å². The lowest BCUT2D eigenvalue weighted by Gasteiger charge is -2.35. The Morgan fingerprint density at radius 2 is 1.62 bits per heavy atom. The van der Waals surface area contributed by atoms with Crippen LogP contribution in [0.3, 0.4) is 0 Å². The third kappa shape index (κ3) is 3.83. The van der Waals surface area contributed by atoms with Gasteiger partial charge in [0.2, 0.25) is 5.91 Å². The highest BCUT2D eigenvalue weighted by atomic mass is 16.6. The van der Waals surface area contributed by atoms with E-state index in [1.807, 2.05) is 6.07 Å². The first-order chi connectivity index (χ1) is 15.6. The molecule has 10 nitrogen and oxygen atoms in total. The van der Waals surface area contributed by atoms with Gasteiger partial charge in [0.25, 0.3) is 5.91 Å². The number of piperazine rings is 1. The number of rotatable bonds is 4. The zero-order valence-electron chi connectivity index (χ0n) is 17.6. The molecule has 0 atom stereocenters. The minimum Gasteiger partial charge on any atom is -0.486 e. The van der Waals surface area contributed by atoms with Crippen molar-refractivity contribution in [3.63, 3.8) is 0 Å². The fourth-order valence-electron chi connectivity index (χ4n) is 4.15. The molecule has 4 heterocycles. The molecular formula is C22H24N4O6. The summed E-state index contributed by atoms with van der Waals surface area (Å²) in [6.07, 6.45) is 1.47. The van der Waals surface area contributed by atoms with Gasteiger partial charge in [-0.1, -0.05) is 0 Å². The van der Waals surface area contributed by atoms with E-state index >= 15 is 0 Å². The number of nitrogens with zero attached hydrogens (tertiary/aromatic N) is 4. The maximum atomic E-state index is 12.9. The van der Waals surface area contributed by atoms with E-state index in [4.69, 9.17) is 13.9 Å². The van der Waals surface area contributed by atoms with Gasteiger partial charge < -0.3 is 28.6 Å². The third-order valence-corrected chi connectivity index (χ3v) is 5.91. The number of fused-ring (bicyclic) bond motifs is 1. The topological polar surface area (TPSA) is 95.8 Å². The van der Waals surface area contributed by atoms with Gasteiger partial charge in [-0.3, -0.25) is 14.5 Å². The number of furan rings is 1. The van der Waals surface area contributed by atoms with Crippen molar-refractivity contribution in [1.82, 2.24) is 14.7 Å². The van der Waals surface area contributed by atoms with Gasteiger partial charge in [0.1, 0.15) is 19.8 Å². The zero-order chi connectivity index (χ0) is 22.1. The normalized spacial score (nSPS) is 18.3. The summed E-state index contributed by atoms with van der Waals surface area (Å²) in [6.45, 7) is 3.70. The number of carbonyl (C=O) groups is 3. The molecule has 0 unspecified atom stereocenters. The van der Waals surface area contributed by atoms with Crippen molar-refractivity contribution in [3.8, 4) is 11.5 Å². The van der Waals surface area contributed by atoms with Gasteiger partial charge in [-0.2, -0.15) is 0 Å². The lowest BCUT2D eigenvalue weighted by Crippen LogP contribution is -2.52. The van der Waals surface area contributed by atoms with Crippen LogP contribution in [0.4, 0.5) is 10.5 Å². The Balaban J connectivity index is 1.15. The zero-order valence-corrected chi connectivity index (χ0v) is 17.6. The Morgan fingerprint density at radius 1 is 0.875 bits per heavy atom. The molecule has 0 aliphatic carbocycles. The van der Waals surface area contributed by atoms with E-state index in [0.717, 1.165) is 5.69 Å². The Bertz CT molecular complexity index is 1020. The highest BCUT2D eigenvalue weighted by Crippen LogP contribution is 2.35. The molecule has 2 fully saturated rings. The van der Waals surface area contributed by atoms with E-state index in [1.54, 1.807) is 43.9 Å². The summed E-state index contributed by atoms with van der Waals surface area (Å²) < 4.78 is 16.3. The van der Waals surface area contributed by atoms with Crippen molar-refractivity contribution in [2.24, 2.45) is 0 Å². The highest BCUT2D eigenvalue weighted by Gasteiger charge is 2.34. The van der Waals surface area contributed by atoms with Crippen LogP contribution in [0, 0.1) is 0 Å². The van der Waals surface area contributed by atoms with Gasteiger partial charge in [0.15, 0.2) is 17.3 Å². The highest BCUT2D eigenvalue weighted by molar-refractivity contribution is 5.97. The van der Waals surface area contributed by atoms with Crippen LogP contribution in [0.15, 0.2) is 41.0 Å². The molecule has 2 aromatic rings.